The molecule has 0 aromatic carbocycles. The predicted octanol–water partition coefficient (Wildman–Crippen LogP) is 1.15. The Balaban J connectivity index is 2.24. The molecule has 5 N–H and O–H groups in total. The monoisotopic (exact) mass is 222 g/mol. The molecule has 0 saturated carbocycles. The second kappa shape index (κ2) is 3.70. The van der Waals surface area contributed by atoms with Crippen LogP contribution >= 0.6 is 11.3 Å². The highest BCUT2D eigenvalue weighted by molar-refractivity contribution is 7.16. The largest absolute Gasteiger partial charge is 0.368 e. The molecule has 0 radical (unpaired) electrons. The van der Waals surface area contributed by atoms with E-state index in [2.05, 4.69) is 20.3 Å². The van der Waals surface area contributed by atoms with Crippen molar-refractivity contribution in [1.29, 1.82) is 0 Å². The van der Waals surface area contributed by atoms with Gasteiger partial charge in [-0.3, -0.25) is 0 Å². The first-order chi connectivity index (χ1) is 7.13. The lowest BCUT2D eigenvalue weighted by atomic mass is 10.5. The van der Waals surface area contributed by atoms with Gasteiger partial charge in [-0.2, -0.15) is 15.0 Å². The first kappa shape index (κ1) is 9.66. The summed E-state index contributed by atoms with van der Waals surface area (Å²) < 4.78 is 0. The highest BCUT2D eigenvalue weighted by Crippen LogP contribution is 2.23. The van der Waals surface area contributed by atoms with Crippen molar-refractivity contribution in [2.75, 3.05) is 16.8 Å². The maximum absolute atomic E-state index is 5.44. The second-order valence-electron chi connectivity index (χ2n) is 2.91. The Kier molecular flexibility index (Phi) is 2.38. The van der Waals surface area contributed by atoms with Crippen LogP contribution in [0.4, 0.5) is 22.8 Å². The summed E-state index contributed by atoms with van der Waals surface area (Å²) in [5.74, 6) is 0.582. The fourth-order valence-electron chi connectivity index (χ4n) is 1.08. The smallest absolute Gasteiger partial charge is 0.234 e. The molecule has 6 nitrogen and oxygen atoms in total. The molecule has 7 heteroatoms. The summed E-state index contributed by atoms with van der Waals surface area (Å²) in [6.45, 7) is 2.02. The molecule has 0 amide bonds. The van der Waals surface area contributed by atoms with E-state index in [0.717, 1.165) is 5.00 Å². The molecule has 2 aromatic heterocycles. The van der Waals surface area contributed by atoms with Gasteiger partial charge in [-0.1, -0.05) is 0 Å². The van der Waals surface area contributed by atoms with Gasteiger partial charge in [0.2, 0.25) is 17.8 Å². The van der Waals surface area contributed by atoms with Gasteiger partial charge in [-0.15, -0.1) is 11.3 Å². The lowest BCUT2D eigenvalue weighted by Crippen LogP contribution is -2.05. The quantitative estimate of drug-likeness (QED) is 0.704. The van der Waals surface area contributed by atoms with Gasteiger partial charge in [0.15, 0.2) is 0 Å². The maximum atomic E-state index is 5.44. The van der Waals surface area contributed by atoms with Crippen molar-refractivity contribution in [1.82, 2.24) is 15.0 Å². The van der Waals surface area contributed by atoms with Crippen LogP contribution in [0.1, 0.15) is 4.88 Å². The molecule has 2 aromatic rings. The number of nitrogens with one attached hydrogen (secondary N) is 1. The predicted molar refractivity (Wildman–Crippen MR) is 61.0 cm³/mol. The third-order valence-electron chi connectivity index (χ3n) is 1.65. The van der Waals surface area contributed by atoms with Crippen LogP contribution in [0.5, 0.6) is 0 Å². The second-order valence-corrected chi connectivity index (χ2v) is 4.20. The molecular formula is C8H10N6S. The first-order valence-corrected chi connectivity index (χ1v) is 5.05. The molecular weight excluding hydrogens is 212 g/mol. The number of anilines is 4. The number of nitrogens with zero attached hydrogens (tertiary/aromatic N) is 3. The third-order valence-corrected chi connectivity index (χ3v) is 2.56. The molecule has 15 heavy (non-hydrogen) atoms. The fraction of sp³-hybridized carbons (Fsp3) is 0.125. The van der Waals surface area contributed by atoms with Crippen LogP contribution in [0.3, 0.4) is 0 Å². The van der Waals surface area contributed by atoms with E-state index in [1.807, 2.05) is 19.1 Å². The average Bonchev–Trinajstić information content (AvgIpc) is 2.49. The van der Waals surface area contributed by atoms with E-state index in [9.17, 15) is 0 Å². The van der Waals surface area contributed by atoms with E-state index in [4.69, 9.17) is 11.5 Å². The van der Waals surface area contributed by atoms with E-state index >= 15 is 0 Å². The summed E-state index contributed by atoms with van der Waals surface area (Å²) in [4.78, 5) is 12.7. The van der Waals surface area contributed by atoms with Crippen molar-refractivity contribution in [3.8, 4) is 0 Å². The zero-order valence-corrected chi connectivity index (χ0v) is 8.88. The van der Waals surface area contributed by atoms with E-state index in [1.54, 1.807) is 11.3 Å². The average molecular weight is 222 g/mol. The van der Waals surface area contributed by atoms with Gasteiger partial charge in [-0.25, -0.2) is 0 Å². The van der Waals surface area contributed by atoms with Crippen LogP contribution in [0.25, 0.3) is 0 Å². The molecule has 78 valence electrons. The standard InChI is InChI=1S/C8H10N6S/c1-4-2-3-5(15-4)11-8-13-6(9)12-7(10)14-8/h2-3H,1H3,(H5,9,10,11,12,13,14). The van der Waals surface area contributed by atoms with E-state index < -0.39 is 0 Å². The Labute approximate surface area is 90.4 Å². The minimum Gasteiger partial charge on any atom is -0.368 e. The number of thiophene rings is 1. The van der Waals surface area contributed by atoms with Gasteiger partial charge in [0.1, 0.15) is 0 Å². The number of hydrogen-bond donors (Lipinski definition) is 3. The highest BCUT2D eigenvalue weighted by atomic mass is 32.1. The topological polar surface area (TPSA) is 103 Å². The number of aromatic nitrogens is 3. The molecule has 2 rings (SSSR count). The van der Waals surface area contributed by atoms with Crippen LogP contribution < -0.4 is 16.8 Å². The number of hydrogen-bond acceptors (Lipinski definition) is 7. The maximum Gasteiger partial charge on any atom is 0.234 e. The molecule has 0 aliphatic carbocycles. The normalized spacial score (nSPS) is 10.2. The highest BCUT2D eigenvalue weighted by Gasteiger charge is 2.03. The van der Waals surface area contributed by atoms with Crippen LogP contribution in [0, 0.1) is 6.92 Å². The van der Waals surface area contributed by atoms with Crippen molar-refractivity contribution in [3.05, 3.63) is 17.0 Å². The Hall–Kier alpha value is -1.89. The molecule has 0 fully saturated rings. The molecule has 0 aliphatic rings. The molecule has 2 heterocycles. The van der Waals surface area contributed by atoms with E-state index in [1.165, 1.54) is 4.88 Å². The lowest BCUT2D eigenvalue weighted by molar-refractivity contribution is 1.08. The molecule has 0 atom stereocenters. The Bertz CT molecular complexity index is 459. The number of rotatable bonds is 2. The third kappa shape index (κ3) is 2.32. The lowest BCUT2D eigenvalue weighted by Gasteiger charge is -2.02. The van der Waals surface area contributed by atoms with Crippen LogP contribution in [-0.2, 0) is 0 Å². The zero-order chi connectivity index (χ0) is 10.8. The number of nitrogen functional groups attached to an aromatic ring is 2. The summed E-state index contributed by atoms with van der Waals surface area (Å²) in [6, 6.07) is 3.94. The van der Waals surface area contributed by atoms with Crippen molar-refractivity contribution in [2.24, 2.45) is 0 Å². The summed E-state index contributed by atoms with van der Waals surface area (Å²) in [5.41, 5.74) is 10.9. The fourth-order valence-corrected chi connectivity index (χ4v) is 1.84. The van der Waals surface area contributed by atoms with Gasteiger partial charge in [0.25, 0.3) is 0 Å². The number of aryl methyl sites for hydroxylation is 1. The molecule has 0 saturated heterocycles. The van der Waals surface area contributed by atoms with E-state index in [0.29, 0.717) is 5.95 Å². The van der Waals surface area contributed by atoms with Gasteiger partial charge < -0.3 is 16.8 Å². The SMILES string of the molecule is Cc1ccc(Nc2nc(N)nc(N)n2)s1. The van der Waals surface area contributed by atoms with Crippen LogP contribution in [-0.4, -0.2) is 15.0 Å². The Morgan fingerprint density at radius 1 is 1.13 bits per heavy atom. The van der Waals surface area contributed by atoms with Crippen molar-refractivity contribution >= 4 is 34.2 Å². The molecule has 0 unspecified atom stereocenters. The minimum absolute atomic E-state index is 0.110. The summed E-state index contributed by atoms with van der Waals surface area (Å²) in [6.07, 6.45) is 0. The summed E-state index contributed by atoms with van der Waals surface area (Å²) in [7, 11) is 0. The van der Waals surface area contributed by atoms with Crippen LogP contribution in [0.2, 0.25) is 0 Å². The Morgan fingerprint density at radius 2 is 1.80 bits per heavy atom. The van der Waals surface area contributed by atoms with Crippen molar-refractivity contribution in [3.63, 3.8) is 0 Å². The van der Waals surface area contributed by atoms with Gasteiger partial charge in [0, 0.05) is 4.88 Å². The van der Waals surface area contributed by atoms with Crippen LogP contribution in [0.15, 0.2) is 12.1 Å². The summed E-state index contributed by atoms with van der Waals surface area (Å²) in [5, 5.41) is 3.94. The molecule has 0 aliphatic heterocycles. The number of nitrogens with two attached hydrogens (primary N) is 2. The van der Waals surface area contributed by atoms with Gasteiger partial charge in [0.05, 0.1) is 5.00 Å². The van der Waals surface area contributed by atoms with Gasteiger partial charge >= 0.3 is 0 Å². The Morgan fingerprint density at radius 3 is 2.33 bits per heavy atom. The van der Waals surface area contributed by atoms with Gasteiger partial charge in [-0.05, 0) is 19.1 Å². The van der Waals surface area contributed by atoms with Crippen molar-refractivity contribution in [2.45, 2.75) is 6.92 Å². The zero-order valence-electron chi connectivity index (χ0n) is 8.06. The van der Waals surface area contributed by atoms with E-state index in [-0.39, 0.29) is 11.9 Å². The summed E-state index contributed by atoms with van der Waals surface area (Å²) >= 11 is 1.60. The first-order valence-electron chi connectivity index (χ1n) is 4.24. The molecule has 0 bridgehead atoms. The molecule has 0 spiro atoms. The van der Waals surface area contributed by atoms with Crippen molar-refractivity contribution < 1.29 is 0 Å². The minimum atomic E-state index is 0.110.